The van der Waals surface area contributed by atoms with Gasteiger partial charge in [0.25, 0.3) is 0 Å². The number of fused-ring (bicyclic) bond motifs is 4. The Bertz CT molecular complexity index is 1410. The quantitative estimate of drug-likeness (QED) is 0.401. The standard InChI is InChI=1S/C27H23N2O/c1-2-6-18-12-14-22-25(16-18)29(24-10-5-9-23(26(22)24)27(28)30)17-19-11-13-20-7-3-4-8-21(20)15-19/h3-5,7-13,15-16H,2,6,17H2,1H3,(H2,28,30). The van der Waals surface area contributed by atoms with Gasteiger partial charge in [0.2, 0.25) is 5.91 Å². The van der Waals surface area contributed by atoms with Crippen molar-refractivity contribution in [1.82, 2.24) is 4.57 Å². The van der Waals surface area contributed by atoms with Crippen LogP contribution in [0.4, 0.5) is 0 Å². The predicted molar refractivity (Wildman–Crippen MR) is 124 cm³/mol. The minimum absolute atomic E-state index is 0.406. The Morgan fingerprint density at radius 1 is 0.933 bits per heavy atom. The number of primary amides is 1. The topological polar surface area (TPSA) is 48.0 Å². The fourth-order valence-electron chi connectivity index (χ4n) is 4.43. The van der Waals surface area contributed by atoms with Crippen molar-refractivity contribution in [2.45, 2.75) is 26.3 Å². The first-order valence-corrected chi connectivity index (χ1v) is 10.4. The number of aryl methyl sites for hydroxylation is 1. The van der Waals surface area contributed by atoms with Gasteiger partial charge in [0.15, 0.2) is 0 Å². The Labute approximate surface area is 175 Å². The SMILES string of the molecule is CCCc1c[c]c2c3c(C(N)=O)cccc3n(Cc3ccc4ccccc4c3)c2c1. The molecular weight excluding hydrogens is 368 g/mol. The van der Waals surface area contributed by atoms with Gasteiger partial charge in [-0.2, -0.15) is 0 Å². The Hall–Kier alpha value is -3.59. The van der Waals surface area contributed by atoms with Crippen molar-refractivity contribution in [1.29, 1.82) is 0 Å². The summed E-state index contributed by atoms with van der Waals surface area (Å²) in [5.74, 6) is -0.406. The number of benzene rings is 4. The zero-order valence-corrected chi connectivity index (χ0v) is 17.0. The molecule has 1 heterocycles. The molecule has 0 saturated heterocycles. The van der Waals surface area contributed by atoms with E-state index in [4.69, 9.17) is 5.73 Å². The number of rotatable bonds is 5. The smallest absolute Gasteiger partial charge is 0.249 e. The van der Waals surface area contributed by atoms with Gasteiger partial charge >= 0.3 is 0 Å². The minimum atomic E-state index is -0.406. The Balaban J connectivity index is 1.76. The molecule has 0 unspecified atom stereocenters. The molecule has 3 heteroatoms. The van der Waals surface area contributed by atoms with Crippen molar-refractivity contribution < 1.29 is 4.79 Å². The fourth-order valence-corrected chi connectivity index (χ4v) is 4.43. The lowest BCUT2D eigenvalue weighted by atomic mass is 10.0. The summed E-state index contributed by atoms with van der Waals surface area (Å²) in [6.07, 6.45) is 2.09. The van der Waals surface area contributed by atoms with Crippen molar-refractivity contribution in [3.05, 3.63) is 95.6 Å². The lowest BCUT2D eigenvalue weighted by Gasteiger charge is -2.10. The summed E-state index contributed by atoms with van der Waals surface area (Å²) < 4.78 is 2.29. The average Bonchev–Trinajstić information content (AvgIpc) is 3.07. The zero-order valence-electron chi connectivity index (χ0n) is 17.0. The third kappa shape index (κ3) is 3.03. The Morgan fingerprint density at radius 2 is 1.77 bits per heavy atom. The summed E-state index contributed by atoms with van der Waals surface area (Å²) in [6, 6.07) is 28.5. The lowest BCUT2D eigenvalue weighted by molar-refractivity contribution is 0.100. The molecule has 0 spiro atoms. The van der Waals surface area contributed by atoms with Crippen LogP contribution in [0.2, 0.25) is 0 Å². The van der Waals surface area contributed by atoms with Crippen LogP contribution in [-0.4, -0.2) is 10.5 Å². The van der Waals surface area contributed by atoms with Gasteiger partial charge in [-0.25, -0.2) is 0 Å². The van der Waals surface area contributed by atoms with Crippen LogP contribution >= 0.6 is 0 Å². The van der Waals surface area contributed by atoms with Crippen molar-refractivity contribution in [3.8, 4) is 0 Å². The summed E-state index contributed by atoms with van der Waals surface area (Å²) in [5.41, 5.74) is 10.8. The summed E-state index contributed by atoms with van der Waals surface area (Å²) in [7, 11) is 0. The first kappa shape index (κ1) is 18.4. The molecule has 0 bridgehead atoms. The van der Waals surface area contributed by atoms with Gasteiger partial charge in [-0.1, -0.05) is 61.9 Å². The molecule has 5 rings (SSSR count). The molecular formula is C27H23N2O. The maximum atomic E-state index is 12.1. The normalized spacial score (nSPS) is 11.5. The van der Waals surface area contributed by atoms with E-state index in [1.807, 2.05) is 12.1 Å². The van der Waals surface area contributed by atoms with Gasteiger partial charge in [-0.15, -0.1) is 0 Å². The van der Waals surface area contributed by atoms with Crippen LogP contribution in [0.15, 0.2) is 72.8 Å². The molecule has 0 aliphatic rings. The lowest BCUT2D eigenvalue weighted by Crippen LogP contribution is -2.11. The van der Waals surface area contributed by atoms with Crippen LogP contribution in [0, 0.1) is 6.07 Å². The molecule has 1 amide bonds. The van der Waals surface area contributed by atoms with Gasteiger partial charge in [0.1, 0.15) is 0 Å². The minimum Gasteiger partial charge on any atom is -0.366 e. The second-order valence-corrected chi connectivity index (χ2v) is 7.85. The number of amides is 1. The van der Waals surface area contributed by atoms with Gasteiger partial charge in [-0.3, -0.25) is 4.79 Å². The maximum absolute atomic E-state index is 12.1. The molecule has 0 aliphatic carbocycles. The highest BCUT2D eigenvalue weighted by atomic mass is 16.1. The van der Waals surface area contributed by atoms with E-state index in [9.17, 15) is 4.79 Å². The van der Waals surface area contributed by atoms with E-state index in [0.717, 1.165) is 41.2 Å². The monoisotopic (exact) mass is 391 g/mol. The van der Waals surface area contributed by atoms with Crippen LogP contribution < -0.4 is 5.73 Å². The second-order valence-electron chi connectivity index (χ2n) is 7.85. The number of hydrogen-bond donors (Lipinski definition) is 1. The molecule has 147 valence electrons. The Morgan fingerprint density at radius 3 is 2.57 bits per heavy atom. The number of hydrogen-bond acceptors (Lipinski definition) is 1. The van der Waals surface area contributed by atoms with Crippen LogP contribution in [-0.2, 0) is 13.0 Å². The zero-order chi connectivity index (χ0) is 20.7. The van der Waals surface area contributed by atoms with E-state index in [1.54, 1.807) is 6.07 Å². The van der Waals surface area contributed by atoms with Crippen molar-refractivity contribution in [2.75, 3.05) is 0 Å². The number of carbonyl (C=O) groups is 1. The first-order valence-electron chi connectivity index (χ1n) is 10.4. The van der Waals surface area contributed by atoms with Crippen molar-refractivity contribution >= 4 is 38.5 Å². The van der Waals surface area contributed by atoms with Gasteiger partial charge < -0.3 is 10.3 Å². The first-order chi connectivity index (χ1) is 14.7. The van der Waals surface area contributed by atoms with Crippen LogP contribution in [0.1, 0.15) is 34.8 Å². The molecule has 2 N–H and O–H groups in total. The molecule has 30 heavy (non-hydrogen) atoms. The Kier molecular flexibility index (Phi) is 4.51. The van der Waals surface area contributed by atoms with Crippen molar-refractivity contribution in [3.63, 3.8) is 0 Å². The van der Waals surface area contributed by atoms with Gasteiger partial charge in [0.05, 0.1) is 11.0 Å². The number of nitrogens with two attached hydrogens (primary N) is 1. The molecule has 0 saturated carbocycles. The summed E-state index contributed by atoms with van der Waals surface area (Å²) >= 11 is 0. The van der Waals surface area contributed by atoms with E-state index < -0.39 is 5.91 Å². The predicted octanol–water partition coefficient (Wildman–Crippen LogP) is 5.85. The van der Waals surface area contributed by atoms with Gasteiger partial charge in [0, 0.05) is 22.9 Å². The molecule has 3 nitrogen and oxygen atoms in total. The number of carbonyl (C=O) groups excluding carboxylic acids is 1. The third-order valence-corrected chi connectivity index (χ3v) is 5.81. The van der Waals surface area contributed by atoms with Crippen LogP contribution in [0.25, 0.3) is 32.6 Å². The highest BCUT2D eigenvalue weighted by molar-refractivity contribution is 6.17. The number of aromatic nitrogens is 1. The van der Waals surface area contributed by atoms with E-state index >= 15 is 0 Å². The largest absolute Gasteiger partial charge is 0.366 e. The molecule has 1 radical (unpaired) electrons. The summed E-state index contributed by atoms with van der Waals surface area (Å²) in [4.78, 5) is 12.1. The highest BCUT2D eigenvalue weighted by Gasteiger charge is 2.17. The molecule has 4 aromatic carbocycles. The number of nitrogens with zero attached hydrogens (tertiary/aromatic N) is 1. The molecule has 0 fully saturated rings. The fraction of sp³-hybridized carbons (Fsp3) is 0.148. The average molecular weight is 391 g/mol. The maximum Gasteiger partial charge on any atom is 0.249 e. The molecule has 0 atom stereocenters. The van der Waals surface area contributed by atoms with Crippen LogP contribution in [0.5, 0.6) is 0 Å². The molecule has 5 aromatic rings. The summed E-state index contributed by atoms with van der Waals surface area (Å²) in [5, 5.41) is 4.31. The second kappa shape index (κ2) is 7.34. The highest BCUT2D eigenvalue weighted by Crippen LogP contribution is 2.33. The van der Waals surface area contributed by atoms with E-state index in [0.29, 0.717) is 5.56 Å². The van der Waals surface area contributed by atoms with E-state index in [-0.39, 0.29) is 0 Å². The van der Waals surface area contributed by atoms with E-state index in [1.165, 1.54) is 21.9 Å². The molecule has 0 aliphatic heterocycles. The van der Waals surface area contributed by atoms with Gasteiger partial charge in [-0.05, 0) is 58.7 Å². The molecule has 1 aromatic heterocycles. The summed E-state index contributed by atoms with van der Waals surface area (Å²) in [6.45, 7) is 2.90. The van der Waals surface area contributed by atoms with Crippen molar-refractivity contribution in [2.24, 2.45) is 5.73 Å². The van der Waals surface area contributed by atoms with Crippen LogP contribution in [0.3, 0.4) is 0 Å². The third-order valence-electron chi connectivity index (χ3n) is 5.81. The van der Waals surface area contributed by atoms with E-state index in [2.05, 4.69) is 72.2 Å².